The van der Waals surface area contributed by atoms with Crippen LogP contribution in [0.5, 0.6) is 0 Å². The molecule has 0 saturated heterocycles. The second kappa shape index (κ2) is 7.72. The fourth-order valence-corrected chi connectivity index (χ4v) is 2.09. The van der Waals surface area contributed by atoms with Gasteiger partial charge in [0.1, 0.15) is 6.10 Å². The SMILES string of the molecule is CC(N)C(OCCCc1ccncc1)c1ccccn1. The van der Waals surface area contributed by atoms with Gasteiger partial charge in [-0.05, 0) is 49.6 Å². The average Bonchev–Trinajstić information content (AvgIpc) is 2.49. The van der Waals surface area contributed by atoms with Crippen LogP contribution < -0.4 is 5.73 Å². The van der Waals surface area contributed by atoms with Crippen LogP contribution in [0.4, 0.5) is 0 Å². The topological polar surface area (TPSA) is 61.0 Å². The van der Waals surface area contributed by atoms with Gasteiger partial charge in [-0.15, -0.1) is 0 Å². The number of ether oxygens (including phenoxy) is 1. The van der Waals surface area contributed by atoms with Gasteiger partial charge in [-0.1, -0.05) is 6.07 Å². The highest BCUT2D eigenvalue weighted by atomic mass is 16.5. The molecule has 0 fully saturated rings. The summed E-state index contributed by atoms with van der Waals surface area (Å²) in [5.41, 5.74) is 8.16. The Morgan fingerprint density at radius 2 is 1.95 bits per heavy atom. The maximum Gasteiger partial charge on any atom is 0.114 e. The summed E-state index contributed by atoms with van der Waals surface area (Å²) < 4.78 is 5.91. The van der Waals surface area contributed by atoms with E-state index in [1.54, 1.807) is 6.20 Å². The Labute approximate surface area is 120 Å². The molecule has 0 amide bonds. The predicted molar refractivity (Wildman–Crippen MR) is 79.1 cm³/mol. The average molecular weight is 271 g/mol. The lowest BCUT2D eigenvalue weighted by Gasteiger charge is -2.20. The second-order valence-electron chi connectivity index (χ2n) is 4.86. The minimum Gasteiger partial charge on any atom is -0.370 e. The van der Waals surface area contributed by atoms with Crippen molar-refractivity contribution >= 4 is 0 Å². The molecule has 2 heterocycles. The quantitative estimate of drug-likeness (QED) is 0.786. The van der Waals surface area contributed by atoms with E-state index in [2.05, 4.69) is 9.97 Å². The molecule has 20 heavy (non-hydrogen) atoms. The fraction of sp³-hybridized carbons (Fsp3) is 0.375. The molecule has 0 saturated carbocycles. The predicted octanol–water partition coefficient (Wildman–Crippen LogP) is 2.51. The van der Waals surface area contributed by atoms with Crippen LogP contribution in [0.15, 0.2) is 48.9 Å². The van der Waals surface area contributed by atoms with Crippen molar-refractivity contribution in [2.75, 3.05) is 6.61 Å². The van der Waals surface area contributed by atoms with Crippen LogP contribution in [-0.2, 0) is 11.2 Å². The van der Waals surface area contributed by atoms with Gasteiger partial charge < -0.3 is 10.5 Å². The molecule has 0 bridgehead atoms. The molecule has 0 aliphatic carbocycles. The van der Waals surface area contributed by atoms with Gasteiger partial charge in [-0.2, -0.15) is 0 Å². The van der Waals surface area contributed by atoms with Gasteiger partial charge in [0.25, 0.3) is 0 Å². The summed E-state index contributed by atoms with van der Waals surface area (Å²) in [6, 6.07) is 9.79. The van der Waals surface area contributed by atoms with Crippen molar-refractivity contribution in [3.8, 4) is 0 Å². The highest BCUT2D eigenvalue weighted by molar-refractivity contribution is 5.10. The number of pyridine rings is 2. The highest BCUT2D eigenvalue weighted by Gasteiger charge is 2.17. The molecule has 0 aliphatic rings. The number of hydrogen-bond donors (Lipinski definition) is 1. The summed E-state index contributed by atoms with van der Waals surface area (Å²) in [5, 5.41) is 0. The molecular formula is C16H21N3O. The number of hydrogen-bond acceptors (Lipinski definition) is 4. The Balaban J connectivity index is 1.82. The summed E-state index contributed by atoms with van der Waals surface area (Å²) >= 11 is 0. The molecule has 2 aromatic heterocycles. The number of nitrogens with zero attached hydrogens (tertiary/aromatic N) is 2. The minimum atomic E-state index is -0.145. The summed E-state index contributed by atoms with van der Waals surface area (Å²) in [6.07, 6.45) is 7.19. The lowest BCUT2D eigenvalue weighted by atomic mass is 10.1. The first-order valence-corrected chi connectivity index (χ1v) is 6.94. The minimum absolute atomic E-state index is 0.0779. The van der Waals surface area contributed by atoms with Crippen LogP contribution in [0.25, 0.3) is 0 Å². The van der Waals surface area contributed by atoms with Crippen molar-refractivity contribution in [3.05, 3.63) is 60.2 Å². The van der Waals surface area contributed by atoms with Gasteiger partial charge in [0, 0.05) is 31.2 Å². The molecule has 2 rings (SSSR count). The summed E-state index contributed by atoms with van der Waals surface area (Å²) in [5.74, 6) is 0. The largest absolute Gasteiger partial charge is 0.370 e. The lowest BCUT2D eigenvalue weighted by molar-refractivity contribution is 0.0341. The zero-order valence-corrected chi connectivity index (χ0v) is 11.8. The Bertz CT molecular complexity index is 488. The van der Waals surface area contributed by atoms with Crippen LogP contribution in [0, 0.1) is 0 Å². The lowest BCUT2D eigenvalue weighted by Crippen LogP contribution is -2.28. The maximum atomic E-state index is 5.99. The van der Waals surface area contributed by atoms with E-state index in [0.29, 0.717) is 6.61 Å². The van der Waals surface area contributed by atoms with Crippen LogP contribution >= 0.6 is 0 Å². The molecule has 0 spiro atoms. The van der Waals surface area contributed by atoms with Crippen LogP contribution in [0.2, 0.25) is 0 Å². The third-order valence-electron chi connectivity index (χ3n) is 3.11. The van der Waals surface area contributed by atoms with Crippen molar-refractivity contribution in [2.24, 2.45) is 5.73 Å². The van der Waals surface area contributed by atoms with E-state index in [9.17, 15) is 0 Å². The zero-order chi connectivity index (χ0) is 14.2. The first-order valence-electron chi connectivity index (χ1n) is 6.94. The van der Waals surface area contributed by atoms with Gasteiger partial charge in [0.15, 0.2) is 0 Å². The number of rotatable bonds is 7. The molecular weight excluding hydrogens is 250 g/mol. The third-order valence-corrected chi connectivity index (χ3v) is 3.11. The van der Waals surface area contributed by atoms with Crippen molar-refractivity contribution in [3.63, 3.8) is 0 Å². The fourth-order valence-electron chi connectivity index (χ4n) is 2.09. The van der Waals surface area contributed by atoms with Gasteiger partial charge in [0.05, 0.1) is 5.69 Å². The number of aromatic nitrogens is 2. The number of nitrogens with two attached hydrogens (primary N) is 1. The monoisotopic (exact) mass is 271 g/mol. The summed E-state index contributed by atoms with van der Waals surface area (Å²) in [7, 11) is 0. The van der Waals surface area contributed by atoms with E-state index in [4.69, 9.17) is 10.5 Å². The van der Waals surface area contributed by atoms with Crippen LogP contribution in [0.3, 0.4) is 0 Å². The Morgan fingerprint density at radius 3 is 2.60 bits per heavy atom. The van der Waals surface area contributed by atoms with E-state index in [0.717, 1.165) is 18.5 Å². The molecule has 0 aliphatic heterocycles. The summed E-state index contributed by atoms with van der Waals surface area (Å²) in [6.45, 7) is 2.62. The molecule has 2 unspecified atom stereocenters. The van der Waals surface area contributed by atoms with Crippen LogP contribution in [0.1, 0.15) is 30.7 Å². The first kappa shape index (κ1) is 14.6. The van der Waals surface area contributed by atoms with Gasteiger partial charge in [-0.3, -0.25) is 9.97 Å². The van der Waals surface area contributed by atoms with E-state index in [-0.39, 0.29) is 12.1 Å². The van der Waals surface area contributed by atoms with E-state index in [1.807, 2.05) is 49.6 Å². The molecule has 4 heteroatoms. The molecule has 2 N–H and O–H groups in total. The standard InChI is InChI=1S/C16H21N3O/c1-13(17)16(15-6-2-3-9-19-15)20-12-4-5-14-7-10-18-11-8-14/h2-3,6-11,13,16H,4-5,12,17H2,1H3. The Hall–Kier alpha value is -1.78. The highest BCUT2D eigenvalue weighted by Crippen LogP contribution is 2.18. The second-order valence-corrected chi connectivity index (χ2v) is 4.86. The smallest absolute Gasteiger partial charge is 0.114 e. The van der Waals surface area contributed by atoms with Crippen LogP contribution in [-0.4, -0.2) is 22.6 Å². The Kier molecular flexibility index (Phi) is 5.65. The van der Waals surface area contributed by atoms with Gasteiger partial charge >= 0.3 is 0 Å². The van der Waals surface area contributed by atoms with Crippen molar-refractivity contribution in [2.45, 2.75) is 31.9 Å². The maximum absolute atomic E-state index is 5.99. The normalized spacial score (nSPS) is 13.9. The molecule has 106 valence electrons. The van der Waals surface area contributed by atoms with Crippen molar-refractivity contribution in [1.29, 1.82) is 0 Å². The molecule has 0 aromatic carbocycles. The first-order chi connectivity index (χ1) is 9.77. The van der Waals surface area contributed by atoms with E-state index >= 15 is 0 Å². The molecule has 0 radical (unpaired) electrons. The molecule has 2 aromatic rings. The molecule has 4 nitrogen and oxygen atoms in total. The van der Waals surface area contributed by atoms with Gasteiger partial charge in [0.2, 0.25) is 0 Å². The van der Waals surface area contributed by atoms with Crippen molar-refractivity contribution < 1.29 is 4.74 Å². The third kappa shape index (κ3) is 4.40. The van der Waals surface area contributed by atoms with E-state index < -0.39 is 0 Å². The van der Waals surface area contributed by atoms with Gasteiger partial charge in [-0.25, -0.2) is 0 Å². The zero-order valence-electron chi connectivity index (χ0n) is 11.8. The Morgan fingerprint density at radius 1 is 1.15 bits per heavy atom. The molecule has 2 atom stereocenters. The number of aryl methyl sites for hydroxylation is 1. The summed E-state index contributed by atoms with van der Waals surface area (Å²) in [4.78, 5) is 8.33. The van der Waals surface area contributed by atoms with Crippen molar-refractivity contribution in [1.82, 2.24) is 9.97 Å². The van der Waals surface area contributed by atoms with E-state index in [1.165, 1.54) is 5.56 Å².